The molecule has 2 heterocycles. The average Bonchev–Trinajstić information content (AvgIpc) is 3.57. The lowest BCUT2D eigenvalue weighted by atomic mass is 10.1. The average molecular weight is 553 g/mol. The van der Waals surface area contributed by atoms with Gasteiger partial charge in [-0.25, -0.2) is 0 Å². The van der Waals surface area contributed by atoms with Crippen LogP contribution >= 0.6 is 24.0 Å². The SMILES string of the molecule is CN=C(NCCCc1nnc2n1CCCCC2)NCc1ccc(C)cc1OCC1CC1.I. The van der Waals surface area contributed by atoms with Crippen LogP contribution in [0, 0.1) is 12.8 Å². The monoisotopic (exact) mass is 552 g/mol. The minimum absolute atomic E-state index is 0. The maximum absolute atomic E-state index is 6.09. The second-order valence-electron chi connectivity index (χ2n) is 8.82. The normalized spacial score (nSPS) is 16.0. The number of hydrogen-bond acceptors (Lipinski definition) is 4. The molecule has 8 heteroatoms. The molecule has 2 aliphatic rings. The Hall–Kier alpha value is -1.84. The maximum Gasteiger partial charge on any atom is 0.191 e. The van der Waals surface area contributed by atoms with Gasteiger partial charge >= 0.3 is 0 Å². The zero-order chi connectivity index (χ0) is 21.5. The number of ether oxygens (including phenoxy) is 1. The molecule has 1 fully saturated rings. The minimum atomic E-state index is 0. The smallest absolute Gasteiger partial charge is 0.191 e. The summed E-state index contributed by atoms with van der Waals surface area (Å²) in [5.41, 5.74) is 2.39. The number of aromatic nitrogens is 3. The number of benzene rings is 1. The Labute approximate surface area is 208 Å². The van der Waals surface area contributed by atoms with Gasteiger partial charge in [0.1, 0.15) is 17.4 Å². The predicted octanol–water partition coefficient (Wildman–Crippen LogP) is 4.02. The minimum Gasteiger partial charge on any atom is -0.493 e. The first kappa shape index (κ1) is 24.8. The van der Waals surface area contributed by atoms with Crippen LogP contribution in [0.5, 0.6) is 5.75 Å². The van der Waals surface area contributed by atoms with Gasteiger partial charge in [-0.05, 0) is 56.6 Å². The maximum atomic E-state index is 6.09. The standard InChI is InChI=1S/C24H36N6O.HI/c1-18-9-12-20(21(15-18)31-17-19-10-11-19)16-27-24(25-2)26-13-6-8-23-29-28-22-7-4-3-5-14-30(22)23;/h9,12,15,19H,3-8,10-11,13-14,16-17H2,1-2H3,(H2,25,26,27);1H. The van der Waals surface area contributed by atoms with Crippen molar-refractivity contribution in [3.05, 3.63) is 41.0 Å². The molecule has 0 saturated heterocycles. The zero-order valence-corrected chi connectivity index (χ0v) is 21.7. The van der Waals surface area contributed by atoms with Crippen LogP contribution in [0.1, 0.15) is 61.3 Å². The molecule has 32 heavy (non-hydrogen) atoms. The molecule has 2 aromatic rings. The fourth-order valence-electron chi connectivity index (χ4n) is 4.02. The quantitative estimate of drug-likeness (QED) is 0.213. The van der Waals surface area contributed by atoms with Crippen molar-refractivity contribution in [2.24, 2.45) is 10.9 Å². The number of fused-ring (bicyclic) bond motifs is 1. The van der Waals surface area contributed by atoms with Crippen molar-refractivity contribution in [3.63, 3.8) is 0 Å². The number of rotatable bonds is 9. The van der Waals surface area contributed by atoms with E-state index >= 15 is 0 Å². The van der Waals surface area contributed by atoms with Gasteiger partial charge in [0.05, 0.1) is 6.61 Å². The van der Waals surface area contributed by atoms with E-state index in [0.29, 0.717) is 6.54 Å². The molecule has 0 bridgehead atoms. The van der Waals surface area contributed by atoms with Crippen molar-refractivity contribution in [2.45, 2.75) is 71.4 Å². The molecule has 0 spiro atoms. The number of guanidine groups is 1. The van der Waals surface area contributed by atoms with E-state index in [0.717, 1.165) is 68.2 Å². The summed E-state index contributed by atoms with van der Waals surface area (Å²) in [6.45, 7) is 5.54. The number of aliphatic imine (C=N–C) groups is 1. The number of aryl methyl sites for hydroxylation is 3. The van der Waals surface area contributed by atoms with E-state index in [1.165, 1.54) is 43.2 Å². The molecule has 1 aliphatic heterocycles. The summed E-state index contributed by atoms with van der Waals surface area (Å²) in [7, 11) is 1.81. The molecule has 1 aliphatic carbocycles. The lowest BCUT2D eigenvalue weighted by Crippen LogP contribution is -2.37. The third-order valence-electron chi connectivity index (χ3n) is 6.12. The molecule has 1 aromatic carbocycles. The van der Waals surface area contributed by atoms with Crippen molar-refractivity contribution in [1.82, 2.24) is 25.4 Å². The van der Waals surface area contributed by atoms with Crippen LogP contribution in [-0.2, 0) is 25.9 Å². The molecule has 176 valence electrons. The molecule has 4 rings (SSSR count). The molecule has 2 N–H and O–H groups in total. The van der Waals surface area contributed by atoms with Crippen LogP contribution in [0.15, 0.2) is 23.2 Å². The Balaban J connectivity index is 0.00000289. The highest BCUT2D eigenvalue weighted by Gasteiger charge is 2.22. The summed E-state index contributed by atoms with van der Waals surface area (Å²) >= 11 is 0. The lowest BCUT2D eigenvalue weighted by Gasteiger charge is -2.15. The largest absolute Gasteiger partial charge is 0.493 e. The van der Waals surface area contributed by atoms with Gasteiger partial charge in [0.15, 0.2) is 5.96 Å². The highest BCUT2D eigenvalue weighted by molar-refractivity contribution is 14.0. The van der Waals surface area contributed by atoms with Gasteiger partial charge in [-0.15, -0.1) is 34.2 Å². The van der Waals surface area contributed by atoms with Gasteiger partial charge in [0.2, 0.25) is 0 Å². The number of hydrogen-bond donors (Lipinski definition) is 2. The highest BCUT2D eigenvalue weighted by atomic mass is 127. The van der Waals surface area contributed by atoms with Crippen molar-refractivity contribution >= 4 is 29.9 Å². The summed E-state index contributed by atoms with van der Waals surface area (Å²) in [5, 5.41) is 15.7. The van der Waals surface area contributed by atoms with Crippen LogP contribution in [0.2, 0.25) is 0 Å². The van der Waals surface area contributed by atoms with Crippen molar-refractivity contribution in [1.29, 1.82) is 0 Å². The van der Waals surface area contributed by atoms with Crippen molar-refractivity contribution < 1.29 is 4.74 Å². The van der Waals surface area contributed by atoms with Crippen LogP contribution in [0.3, 0.4) is 0 Å². The van der Waals surface area contributed by atoms with E-state index in [1.807, 2.05) is 7.05 Å². The topological polar surface area (TPSA) is 76.4 Å². The Morgan fingerprint density at radius 2 is 2.06 bits per heavy atom. The number of halogens is 1. The van der Waals surface area contributed by atoms with E-state index in [2.05, 4.69) is 55.5 Å². The molecular weight excluding hydrogens is 515 g/mol. The molecule has 0 radical (unpaired) electrons. The van der Waals surface area contributed by atoms with Crippen LogP contribution < -0.4 is 15.4 Å². The summed E-state index contributed by atoms with van der Waals surface area (Å²) in [4.78, 5) is 4.37. The fraction of sp³-hybridized carbons (Fsp3) is 0.625. The third kappa shape index (κ3) is 7.08. The predicted molar refractivity (Wildman–Crippen MR) is 139 cm³/mol. The van der Waals surface area contributed by atoms with E-state index in [1.54, 1.807) is 0 Å². The first-order valence-corrected chi connectivity index (χ1v) is 11.8. The van der Waals surface area contributed by atoms with Gasteiger partial charge in [-0.3, -0.25) is 4.99 Å². The Morgan fingerprint density at radius 3 is 2.88 bits per heavy atom. The first-order valence-electron chi connectivity index (χ1n) is 11.8. The van der Waals surface area contributed by atoms with Gasteiger partial charge < -0.3 is 19.9 Å². The lowest BCUT2D eigenvalue weighted by molar-refractivity contribution is 0.296. The summed E-state index contributed by atoms with van der Waals surface area (Å²) in [6, 6.07) is 6.42. The van der Waals surface area contributed by atoms with Gasteiger partial charge in [0.25, 0.3) is 0 Å². The van der Waals surface area contributed by atoms with E-state index < -0.39 is 0 Å². The third-order valence-corrected chi connectivity index (χ3v) is 6.12. The van der Waals surface area contributed by atoms with Crippen molar-refractivity contribution in [2.75, 3.05) is 20.2 Å². The zero-order valence-electron chi connectivity index (χ0n) is 19.4. The van der Waals surface area contributed by atoms with E-state index in [4.69, 9.17) is 4.74 Å². The number of nitrogens with one attached hydrogen (secondary N) is 2. The fourth-order valence-corrected chi connectivity index (χ4v) is 4.02. The molecule has 0 unspecified atom stereocenters. The molecule has 0 amide bonds. The van der Waals surface area contributed by atoms with Crippen LogP contribution in [0.25, 0.3) is 0 Å². The van der Waals surface area contributed by atoms with Crippen LogP contribution in [0.4, 0.5) is 0 Å². The Kier molecular flexibility index (Phi) is 9.62. The Morgan fingerprint density at radius 1 is 1.19 bits per heavy atom. The molecule has 0 atom stereocenters. The first-order chi connectivity index (χ1) is 15.2. The van der Waals surface area contributed by atoms with Gasteiger partial charge in [-0.2, -0.15) is 0 Å². The second kappa shape index (κ2) is 12.4. The summed E-state index contributed by atoms with van der Waals surface area (Å²) in [6.07, 6.45) is 9.36. The van der Waals surface area contributed by atoms with E-state index in [-0.39, 0.29) is 24.0 Å². The highest BCUT2D eigenvalue weighted by Crippen LogP contribution is 2.30. The molecule has 7 nitrogen and oxygen atoms in total. The molecular formula is C24H37IN6O. The molecule has 1 aromatic heterocycles. The summed E-state index contributed by atoms with van der Waals surface area (Å²) < 4.78 is 8.42. The summed E-state index contributed by atoms with van der Waals surface area (Å²) in [5.74, 6) is 4.83. The van der Waals surface area contributed by atoms with Crippen molar-refractivity contribution in [3.8, 4) is 5.75 Å². The Bertz CT molecular complexity index is 893. The van der Waals surface area contributed by atoms with Gasteiger partial charge in [-0.1, -0.05) is 18.6 Å². The van der Waals surface area contributed by atoms with E-state index in [9.17, 15) is 0 Å². The molecule has 1 saturated carbocycles. The van der Waals surface area contributed by atoms with Gasteiger partial charge in [0, 0.05) is 45.1 Å². The van der Waals surface area contributed by atoms with Crippen LogP contribution in [-0.4, -0.2) is 40.9 Å². The number of nitrogens with zero attached hydrogens (tertiary/aromatic N) is 4. The second-order valence-corrected chi connectivity index (χ2v) is 8.82.